The predicted molar refractivity (Wildman–Crippen MR) is 63.1 cm³/mol. The molecule has 106 valence electrons. The number of hydrogen-bond donors (Lipinski definition) is 1. The summed E-state index contributed by atoms with van der Waals surface area (Å²) in [4.78, 5) is 14.8. The highest BCUT2D eigenvalue weighted by Gasteiger charge is 2.41. The Hall–Kier alpha value is -2.09. The average Bonchev–Trinajstić information content (AvgIpc) is 2.66. The molecule has 0 fully saturated rings. The fraction of sp³-hybridized carbons (Fsp3) is 0.182. The Morgan fingerprint density at radius 1 is 1.45 bits per heavy atom. The molecule has 2 rings (SSSR count). The Morgan fingerprint density at radius 2 is 2.10 bits per heavy atom. The van der Waals surface area contributed by atoms with Crippen LogP contribution in [0.15, 0.2) is 18.3 Å². The van der Waals surface area contributed by atoms with Crippen LogP contribution in [0.4, 0.5) is 13.2 Å². The molecule has 0 amide bonds. The maximum Gasteiger partial charge on any atom is 0.436 e. The van der Waals surface area contributed by atoms with Gasteiger partial charge in [0.2, 0.25) is 0 Å². The highest BCUT2D eigenvalue weighted by atomic mass is 35.5. The third-order valence-corrected chi connectivity index (χ3v) is 2.78. The van der Waals surface area contributed by atoms with E-state index in [9.17, 15) is 18.0 Å². The molecule has 0 aliphatic heterocycles. The van der Waals surface area contributed by atoms with E-state index in [-0.39, 0.29) is 5.82 Å². The van der Waals surface area contributed by atoms with Crippen LogP contribution < -0.4 is 0 Å². The van der Waals surface area contributed by atoms with Crippen molar-refractivity contribution in [2.75, 3.05) is 0 Å². The number of alkyl halides is 3. The summed E-state index contributed by atoms with van der Waals surface area (Å²) in [6.45, 7) is 1.70. The standard InChI is InChI=1S/C11H7ClF3N3O2/c1-5-2-3-16-6(4-5)18-9(12)7(10(19)20)8(17-18)11(13,14)15/h2-4H,1H3,(H,19,20). The van der Waals surface area contributed by atoms with Crippen molar-refractivity contribution in [3.63, 3.8) is 0 Å². The molecule has 2 aromatic heterocycles. The van der Waals surface area contributed by atoms with E-state index in [1.54, 1.807) is 13.0 Å². The number of aromatic carboxylic acids is 1. The number of pyridine rings is 1. The van der Waals surface area contributed by atoms with Gasteiger partial charge in [-0.25, -0.2) is 14.5 Å². The monoisotopic (exact) mass is 305 g/mol. The zero-order valence-corrected chi connectivity index (χ0v) is 10.7. The van der Waals surface area contributed by atoms with E-state index >= 15 is 0 Å². The van der Waals surface area contributed by atoms with Gasteiger partial charge in [0.25, 0.3) is 0 Å². The molecule has 1 N–H and O–H groups in total. The van der Waals surface area contributed by atoms with Crippen molar-refractivity contribution in [1.29, 1.82) is 0 Å². The van der Waals surface area contributed by atoms with Crippen LogP contribution >= 0.6 is 11.6 Å². The summed E-state index contributed by atoms with van der Waals surface area (Å²) in [7, 11) is 0. The van der Waals surface area contributed by atoms with Crippen LogP contribution in [0, 0.1) is 6.92 Å². The molecule has 0 atom stereocenters. The number of aromatic nitrogens is 3. The largest absolute Gasteiger partial charge is 0.478 e. The minimum atomic E-state index is -4.92. The molecule has 0 unspecified atom stereocenters. The van der Waals surface area contributed by atoms with Gasteiger partial charge in [-0.2, -0.15) is 18.3 Å². The minimum Gasteiger partial charge on any atom is -0.478 e. The zero-order chi connectivity index (χ0) is 15.1. The molecule has 2 heterocycles. The van der Waals surface area contributed by atoms with Gasteiger partial charge >= 0.3 is 12.1 Å². The first-order valence-corrected chi connectivity index (χ1v) is 5.61. The van der Waals surface area contributed by atoms with Gasteiger partial charge in [-0.15, -0.1) is 0 Å². The van der Waals surface area contributed by atoms with Gasteiger partial charge < -0.3 is 5.11 Å². The van der Waals surface area contributed by atoms with Crippen molar-refractivity contribution < 1.29 is 23.1 Å². The first-order chi connectivity index (χ1) is 9.21. The number of aryl methyl sites for hydroxylation is 1. The second-order valence-electron chi connectivity index (χ2n) is 3.92. The molecule has 5 nitrogen and oxygen atoms in total. The van der Waals surface area contributed by atoms with Crippen molar-refractivity contribution in [1.82, 2.24) is 14.8 Å². The summed E-state index contributed by atoms with van der Waals surface area (Å²) in [5.41, 5.74) is -1.94. The fourth-order valence-electron chi connectivity index (χ4n) is 1.57. The SMILES string of the molecule is Cc1ccnc(-n2nc(C(F)(F)F)c(C(=O)O)c2Cl)c1. The number of nitrogens with zero attached hydrogens (tertiary/aromatic N) is 3. The molecule has 0 aliphatic rings. The van der Waals surface area contributed by atoms with Crippen LogP contribution in [0.1, 0.15) is 21.6 Å². The van der Waals surface area contributed by atoms with Gasteiger partial charge in [-0.05, 0) is 24.6 Å². The molecule has 0 bridgehead atoms. The number of rotatable bonds is 2. The van der Waals surface area contributed by atoms with E-state index < -0.39 is 28.6 Å². The Kier molecular flexibility index (Phi) is 3.43. The Labute approximate surface area is 115 Å². The lowest BCUT2D eigenvalue weighted by atomic mass is 10.2. The maximum atomic E-state index is 12.8. The molecule has 9 heteroatoms. The first-order valence-electron chi connectivity index (χ1n) is 5.24. The molecule has 0 spiro atoms. The minimum absolute atomic E-state index is 0.00741. The van der Waals surface area contributed by atoms with Gasteiger partial charge in [0.15, 0.2) is 11.5 Å². The number of hydrogen-bond acceptors (Lipinski definition) is 3. The van der Waals surface area contributed by atoms with Crippen LogP contribution in [-0.2, 0) is 6.18 Å². The summed E-state index contributed by atoms with van der Waals surface area (Å²) in [6, 6.07) is 3.06. The Bertz CT molecular complexity index is 682. The van der Waals surface area contributed by atoms with Gasteiger partial charge in [0.1, 0.15) is 10.7 Å². The lowest BCUT2D eigenvalue weighted by Gasteiger charge is -2.03. The van der Waals surface area contributed by atoms with Crippen molar-refractivity contribution in [2.45, 2.75) is 13.1 Å². The normalized spacial score (nSPS) is 11.7. The van der Waals surface area contributed by atoms with E-state index in [0.717, 1.165) is 0 Å². The molecule has 0 aromatic carbocycles. The van der Waals surface area contributed by atoms with Gasteiger partial charge in [0, 0.05) is 6.20 Å². The van der Waals surface area contributed by atoms with Crippen LogP contribution in [0.5, 0.6) is 0 Å². The summed E-state index contributed by atoms with van der Waals surface area (Å²) < 4.78 is 39.0. The molecule has 0 radical (unpaired) electrons. The van der Waals surface area contributed by atoms with Crippen molar-refractivity contribution in [2.24, 2.45) is 0 Å². The van der Waals surface area contributed by atoms with Crippen LogP contribution in [0.25, 0.3) is 5.82 Å². The van der Waals surface area contributed by atoms with E-state index in [1.165, 1.54) is 12.3 Å². The fourth-order valence-corrected chi connectivity index (χ4v) is 1.87. The summed E-state index contributed by atoms with van der Waals surface area (Å²) in [6.07, 6.45) is -3.57. The quantitative estimate of drug-likeness (QED) is 0.926. The van der Waals surface area contributed by atoms with Crippen molar-refractivity contribution >= 4 is 17.6 Å². The van der Waals surface area contributed by atoms with Gasteiger partial charge in [-0.3, -0.25) is 0 Å². The highest BCUT2D eigenvalue weighted by Crippen LogP contribution is 2.35. The molecule has 0 aliphatic carbocycles. The van der Waals surface area contributed by atoms with Crippen LogP contribution in [-0.4, -0.2) is 25.8 Å². The first kappa shape index (κ1) is 14.3. The molecule has 20 heavy (non-hydrogen) atoms. The van der Waals surface area contributed by atoms with Crippen molar-refractivity contribution in [3.8, 4) is 5.82 Å². The summed E-state index contributed by atoms with van der Waals surface area (Å²) in [5.74, 6) is -1.80. The van der Waals surface area contributed by atoms with E-state index in [4.69, 9.17) is 16.7 Å². The van der Waals surface area contributed by atoms with Gasteiger partial charge in [0.05, 0.1) is 0 Å². The Balaban J connectivity index is 2.71. The number of carboxylic acids is 1. The average molecular weight is 306 g/mol. The zero-order valence-electron chi connectivity index (χ0n) is 9.94. The number of carboxylic acid groups (broad SMARTS) is 1. The van der Waals surface area contributed by atoms with E-state index in [1.807, 2.05) is 0 Å². The lowest BCUT2D eigenvalue weighted by molar-refractivity contribution is -0.141. The Morgan fingerprint density at radius 3 is 2.55 bits per heavy atom. The van der Waals surface area contributed by atoms with E-state index in [0.29, 0.717) is 10.2 Å². The molecule has 0 saturated heterocycles. The predicted octanol–water partition coefficient (Wildman–Crippen LogP) is 2.95. The van der Waals surface area contributed by atoms with Crippen molar-refractivity contribution in [3.05, 3.63) is 40.3 Å². The highest BCUT2D eigenvalue weighted by molar-refractivity contribution is 6.33. The lowest BCUT2D eigenvalue weighted by Crippen LogP contribution is -2.12. The smallest absolute Gasteiger partial charge is 0.436 e. The second kappa shape index (κ2) is 4.78. The number of halogens is 4. The maximum absolute atomic E-state index is 12.8. The topological polar surface area (TPSA) is 68.0 Å². The third-order valence-electron chi connectivity index (χ3n) is 2.43. The van der Waals surface area contributed by atoms with Gasteiger partial charge in [-0.1, -0.05) is 11.6 Å². The number of carbonyl (C=O) groups is 1. The molecule has 2 aromatic rings. The molecular weight excluding hydrogens is 299 g/mol. The van der Waals surface area contributed by atoms with Crippen LogP contribution in [0.3, 0.4) is 0 Å². The van der Waals surface area contributed by atoms with E-state index in [2.05, 4.69) is 10.1 Å². The van der Waals surface area contributed by atoms with Crippen LogP contribution in [0.2, 0.25) is 5.15 Å². The molecular formula is C11H7ClF3N3O2. The second-order valence-corrected chi connectivity index (χ2v) is 4.28. The third kappa shape index (κ3) is 2.46. The summed E-state index contributed by atoms with van der Waals surface area (Å²) >= 11 is 5.70. The summed E-state index contributed by atoms with van der Waals surface area (Å²) in [5, 5.41) is 11.4. The molecule has 0 saturated carbocycles.